The zero-order chi connectivity index (χ0) is 13.1. The van der Waals surface area contributed by atoms with Crippen molar-refractivity contribution in [2.45, 2.75) is 6.92 Å². The summed E-state index contributed by atoms with van der Waals surface area (Å²) in [6.07, 6.45) is 0. The third-order valence-electron chi connectivity index (χ3n) is 2.29. The average Bonchev–Trinajstić information content (AvgIpc) is 2.78. The van der Waals surface area contributed by atoms with Gasteiger partial charge in [0.15, 0.2) is 5.13 Å². The molecule has 1 heterocycles. The zero-order valence-electron chi connectivity index (χ0n) is 9.64. The molecule has 1 aromatic heterocycles. The van der Waals surface area contributed by atoms with Crippen LogP contribution in [0, 0.1) is 6.92 Å². The Labute approximate surface area is 108 Å². The highest BCUT2D eigenvalue weighted by Crippen LogP contribution is 2.16. The lowest BCUT2D eigenvalue weighted by molar-refractivity contribution is 0.0992. The SMILES string of the molecule is Cc1ccc(C(=O)Nc2nc(C(N)=O)cs2)cc1. The number of nitrogens with zero attached hydrogens (tertiary/aromatic N) is 1. The largest absolute Gasteiger partial charge is 0.364 e. The highest BCUT2D eigenvalue weighted by molar-refractivity contribution is 7.14. The first-order valence-corrected chi connectivity index (χ1v) is 6.07. The minimum absolute atomic E-state index is 0.152. The molecule has 92 valence electrons. The normalized spacial score (nSPS) is 10.1. The maximum absolute atomic E-state index is 11.8. The molecule has 6 heteroatoms. The number of hydrogen-bond donors (Lipinski definition) is 2. The van der Waals surface area contributed by atoms with Crippen LogP contribution in [0.4, 0.5) is 5.13 Å². The Hall–Kier alpha value is -2.21. The van der Waals surface area contributed by atoms with Gasteiger partial charge in [0.25, 0.3) is 11.8 Å². The van der Waals surface area contributed by atoms with Gasteiger partial charge in [-0.05, 0) is 19.1 Å². The Morgan fingerprint density at radius 2 is 1.94 bits per heavy atom. The van der Waals surface area contributed by atoms with Gasteiger partial charge in [0, 0.05) is 10.9 Å². The van der Waals surface area contributed by atoms with Gasteiger partial charge in [0.05, 0.1) is 0 Å². The average molecular weight is 261 g/mol. The molecule has 0 aliphatic rings. The molecule has 18 heavy (non-hydrogen) atoms. The third kappa shape index (κ3) is 2.72. The highest BCUT2D eigenvalue weighted by Gasteiger charge is 2.10. The van der Waals surface area contributed by atoms with Crippen LogP contribution in [-0.2, 0) is 0 Å². The van der Waals surface area contributed by atoms with Crippen LogP contribution >= 0.6 is 11.3 Å². The van der Waals surface area contributed by atoms with Crippen LogP contribution in [0.15, 0.2) is 29.6 Å². The van der Waals surface area contributed by atoms with E-state index < -0.39 is 5.91 Å². The second kappa shape index (κ2) is 4.97. The van der Waals surface area contributed by atoms with Crippen molar-refractivity contribution in [3.8, 4) is 0 Å². The van der Waals surface area contributed by atoms with Crippen LogP contribution in [0.1, 0.15) is 26.4 Å². The Bertz CT molecular complexity index is 590. The van der Waals surface area contributed by atoms with E-state index >= 15 is 0 Å². The standard InChI is InChI=1S/C12H11N3O2S/c1-7-2-4-8(5-3-7)11(17)15-12-14-9(6-18-12)10(13)16/h2-6H,1H3,(H2,13,16)(H,14,15,17). The minimum atomic E-state index is -0.609. The summed E-state index contributed by atoms with van der Waals surface area (Å²) in [6, 6.07) is 7.16. The van der Waals surface area contributed by atoms with Crippen molar-refractivity contribution in [3.05, 3.63) is 46.5 Å². The van der Waals surface area contributed by atoms with Gasteiger partial charge in [0.1, 0.15) is 5.69 Å². The predicted octanol–water partition coefficient (Wildman–Crippen LogP) is 1.80. The van der Waals surface area contributed by atoms with Crippen LogP contribution in [0.25, 0.3) is 0 Å². The number of carbonyl (C=O) groups excluding carboxylic acids is 2. The van der Waals surface area contributed by atoms with E-state index in [4.69, 9.17) is 5.73 Å². The molecule has 3 N–H and O–H groups in total. The molecule has 2 rings (SSSR count). The van der Waals surface area contributed by atoms with Gasteiger partial charge in [0.2, 0.25) is 0 Å². The predicted molar refractivity (Wildman–Crippen MR) is 69.8 cm³/mol. The van der Waals surface area contributed by atoms with Crippen LogP contribution in [0.3, 0.4) is 0 Å². The van der Waals surface area contributed by atoms with Gasteiger partial charge >= 0.3 is 0 Å². The second-order valence-electron chi connectivity index (χ2n) is 3.72. The first kappa shape index (κ1) is 12.3. The number of anilines is 1. The van der Waals surface area contributed by atoms with E-state index in [2.05, 4.69) is 10.3 Å². The molecule has 2 amide bonds. The molecule has 0 spiro atoms. The molecule has 0 atom stereocenters. The number of nitrogens with two attached hydrogens (primary N) is 1. The van der Waals surface area contributed by atoms with Gasteiger partial charge in [-0.25, -0.2) is 4.98 Å². The van der Waals surface area contributed by atoms with Crippen LogP contribution in [0.2, 0.25) is 0 Å². The zero-order valence-corrected chi connectivity index (χ0v) is 10.5. The van der Waals surface area contributed by atoms with Gasteiger partial charge in [-0.15, -0.1) is 11.3 Å². The van der Waals surface area contributed by atoms with Crippen LogP contribution < -0.4 is 11.1 Å². The lowest BCUT2D eigenvalue weighted by atomic mass is 10.1. The summed E-state index contributed by atoms with van der Waals surface area (Å²) in [7, 11) is 0. The van der Waals surface area contributed by atoms with Crippen molar-refractivity contribution >= 4 is 28.3 Å². The van der Waals surface area contributed by atoms with E-state index in [-0.39, 0.29) is 11.6 Å². The lowest BCUT2D eigenvalue weighted by Crippen LogP contribution is -2.14. The molecule has 0 aliphatic carbocycles. The minimum Gasteiger partial charge on any atom is -0.364 e. The van der Waals surface area contributed by atoms with E-state index in [1.54, 1.807) is 12.1 Å². The molecule has 0 bridgehead atoms. The van der Waals surface area contributed by atoms with E-state index in [1.807, 2.05) is 19.1 Å². The first-order chi connectivity index (χ1) is 8.56. The third-order valence-corrected chi connectivity index (χ3v) is 3.05. The highest BCUT2D eigenvalue weighted by atomic mass is 32.1. The molecule has 0 aliphatic heterocycles. The number of amides is 2. The molecule has 0 saturated carbocycles. The van der Waals surface area contributed by atoms with Crippen LogP contribution in [-0.4, -0.2) is 16.8 Å². The Morgan fingerprint density at radius 1 is 1.28 bits per heavy atom. The van der Waals surface area contributed by atoms with Gasteiger partial charge in [-0.2, -0.15) is 0 Å². The van der Waals surface area contributed by atoms with Crippen molar-refractivity contribution in [1.29, 1.82) is 0 Å². The summed E-state index contributed by atoms with van der Waals surface area (Å²) in [6.45, 7) is 1.95. The lowest BCUT2D eigenvalue weighted by Gasteiger charge is -2.01. The quantitative estimate of drug-likeness (QED) is 0.883. The Balaban J connectivity index is 2.11. The number of aryl methyl sites for hydroxylation is 1. The second-order valence-corrected chi connectivity index (χ2v) is 4.58. The number of nitrogens with one attached hydrogen (secondary N) is 1. The van der Waals surface area contributed by atoms with Gasteiger partial charge < -0.3 is 5.73 Å². The number of hydrogen-bond acceptors (Lipinski definition) is 4. The van der Waals surface area contributed by atoms with Crippen molar-refractivity contribution in [2.75, 3.05) is 5.32 Å². The Kier molecular flexibility index (Phi) is 3.38. The van der Waals surface area contributed by atoms with Gasteiger partial charge in [-0.1, -0.05) is 17.7 Å². The first-order valence-electron chi connectivity index (χ1n) is 5.19. The fraction of sp³-hybridized carbons (Fsp3) is 0.0833. The molecular formula is C12H11N3O2S. The number of primary amides is 1. The maximum Gasteiger partial charge on any atom is 0.268 e. The molecule has 2 aromatic rings. The summed E-state index contributed by atoms with van der Waals surface area (Å²) < 4.78 is 0. The molecular weight excluding hydrogens is 250 g/mol. The molecule has 0 unspecified atom stereocenters. The fourth-order valence-electron chi connectivity index (χ4n) is 1.32. The molecule has 5 nitrogen and oxygen atoms in total. The number of thiazole rings is 1. The van der Waals surface area contributed by atoms with Crippen LogP contribution in [0.5, 0.6) is 0 Å². The summed E-state index contributed by atoms with van der Waals surface area (Å²) in [4.78, 5) is 26.6. The van der Waals surface area contributed by atoms with E-state index in [9.17, 15) is 9.59 Å². The van der Waals surface area contributed by atoms with E-state index in [0.717, 1.165) is 16.9 Å². The Morgan fingerprint density at radius 3 is 2.50 bits per heavy atom. The summed E-state index contributed by atoms with van der Waals surface area (Å²) >= 11 is 1.16. The van der Waals surface area contributed by atoms with E-state index in [1.165, 1.54) is 5.38 Å². The number of rotatable bonds is 3. The number of aromatic nitrogens is 1. The summed E-state index contributed by atoms with van der Waals surface area (Å²) in [5.41, 5.74) is 6.85. The summed E-state index contributed by atoms with van der Waals surface area (Å²) in [5, 5.41) is 4.48. The van der Waals surface area contributed by atoms with Crippen molar-refractivity contribution in [1.82, 2.24) is 4.98 Å². The molecule has 1 aromatic carbocycles. The fourth-order valence-corrected chi connectivity index (χ4v) is 2.01. The van der Waals surface area contributed by atoms with Crippen molar-refractivity contribution in [3.63, 3.8) is 0 Å². The number of carbonyl (C=O) groups is 2. The smallest absolute Gasteiger partial charge is 0.268 e. The number of benzene rings is 1. The van der Waals surface area contributed by atoms with Gasteiger partial charge in [-0.3, -0.25) is 14.9 Å². The monoisotopic (exact) mass is 261 g/mol. The topological polar surface area (TPSA) is 85.1 Å². The van der Waals surface area contributed by atoms with Crippen molar-refractivity contribution in [2.24, 2.45) is 5.73 Å². The summed E-state index contributed by atoms with van der Waals surface area (Å²) in [5.74, 6) is -0.873. The molecule has 0 saturated heterocycles. The van der Waals surface area contributed by atoms with E-state index in [0.29, 0.717) is 10.7 Å². The maximum atomic E-state index is 11.8. The van der Waals surface area contributed by atoms with Crippen molar-refractivity contribution < 1.29 is 9.59 Å². The molecule has 0 fully saturated rings. The molecule has 0 radical (unpaired) electrons.